The molecule has 2 fully saturated rings. The number of ether oxygens (including phenoxy) is 2. The van der Waals surface area contributed by atoms with Crippen LogP contribution >= 0.6 is 0 Å². The highest BCUT2D eigenvalue weighted by Crippen LogP contribution is 2.44. The third kappa shape index (κ3) is 6.55. The molecule has 37 heavy (non-hydrogen) atoms. The van der Waals surface area contributed by atoms with Crippen molar-refractivity contribution < 1.29 is 31.8 Å². The number of carbonyl (C=O) groups is 1. The van der Waals surface area contributed by atoms with Gasteiger partial charge in [-0.15, -0.1) is 0 Å². The summed E-state index contributed by atoms with van der Waals surface area (Å²) < 4.78 is 65.5. The summed E-state index contributed by atoms with van der Waals surface area (Å²) in [5.41, 5.74) is 0.510. The van der Waals surface area contributed by atoms with Crippen LogP contribution in [0.15, 0.2) is 42.5 Å². The molecular weight excluding hydrogens is 484 g/mol. The average molecular weight is 519 g/mol. The van der Waals surface area contributed by atoms with Gasteiger partial charge in [0.25, 0.3) is 0 Å². The van der Waals surface area contributed by atoms with Gasteiger partial charge >= 0.3 is 5.97 Å². The Labute approximate surface area is 215 Å². The van der Waals surface area contributed by atoms with Crippen molar-refractivity contribution in [3.8, 4) is 11.5 Å². The zero-order chi connectivity index (χ0) is 26.4. The second-order valence-electron chi connectivity index (χ2n) is 10.1. The minimum absolute atomic E-state index is 0.149. The van der Waals surface area contributed by atoms with Crippen LogP contribution in [0.1, 0.15) is 80.1 Å². The normalized spacial score (nSPS) is 24.2. The monoisotopic (exact) mass is 518 g/mol. The Balaban J connectivity index is 1.33. The van der Waals surface area contributed by atoms with Crippen LogP contribution in [0.25, 0.3) is 0 Å². The molecule has 2 aliphatic rings. The van der Waals surface area contributed by atoms with Crippen molar-refractivity contribution in [1.29, 1.82) is 0 Å². The van der Waals surface area contributed by atoms with Crippen LogP contribution in [0.2, 0.25) is 0 Å². The molecule has 2 aliphatic carbocycles. The fraction of sp³-hybridized carbons (Fsp3) is 0.500. The highest BCUT2D eigenvalue weighted by Gasteiger charge is 2.31. The van der Waals surface area contributed by atoms with Crippen molar-refractivity contribution in [3.05, 3.63) is 71.1 Å². The highest BCUT2D eigenvalue weighted by molar-refractivity contribution is 5.91. The topological polar surface area (TPSA) is 35.5 Å². The largest absolute Gasteiger partial charge is 0.491 e. The number of esters is 1. The first kappa shape index (κ1) is 27.2. The van der Waals surface area contributed by atoms with E-state index >= 15 is 0 Å². The maximum absolute atomic E-state index is 14.9. The Bertz CT molecular complexity index is 1100. The number of hydrogen-bond acceptors (Lipinski definition) is 3. The molecule has 0 atom stereocenters. The maximum Gasteiger partial charge on any atom is 0.346 e. The SMILES string of the molecule is CCOc1ccc(OC(=O)c2ccc(C3CCC(C4CCC(C=CCF)CC4)CC3)cc2F)c(F)c1F. The fourth-order valence-corrected chi connectivity index (χ4v) is 5.94. The molecule has 0 aromatic heterocycles. The summed E-state index contributed by atoms with van der Waals surface area (Å²) in [5, 5.41) is 0. The van der Waals surface area contributed by atoms with Crippen LogP contribution in [0.3, 0.4) is 0 Å². The summed E-state index contributed by atoms with van der Waals surface area (Å²) in [6, 6.07) is 6.69. The summed E-state index contributed by atoms with van der Waals surface area (Å²) in [5.74, 6) is -3.27. The number of allylic oxidation sites excluding steroid dienone is 2. The van der Waals surface area contributed by atoms with E-state index in [0.29, 0.717) is 17.8 Å². The van der Waals surface area contributed by atoms with Gasteiger partial charge < -0.3 is 9.47 Å². The van der Waals surface area contributed by atoms with E-state index in [9.17, 15) is 22.4 Å². The molecule has 0 N–H and O–H groups in total. The predicted octanol–water partition coefficient (Wildman–Crippen LogP) is 8.33. The summed E-state index contributed by atoms with van der Waals surface area (Å²) in [6.07, 6.45) is 12.4. The van der Waals surface area contributed by atoms with E-state index in [0.717, 1.165) is 56.2 Å². The number of alkyl halides is 1. The van der Waals surface area contributed by atoms with Gasteiger partial charge in [0, 0.05) is 0 Å². The van der Waals surface area contributed by atoms with Crippen LogP contribution in [0.4, 0.5) is 17.6 Å². The van der Waals surface area contributed by atoms with Crippen LogP contribution in [-0.2, 0) is 0 Å². The van der Waals surface area contributed by atoms with E-state index in [1.165, 1.54) is 25.0 Å². The summed E-state index contributed by atoms with van der Waals surface area (Å²) in [7, 11) is 0. The average Bonchev–Trinajstić information content (AvgIpc) is 2.92. The van der Waals surface area contributed by atoms with Crippen LogP contribution in [0.5, 0.6) is 11.5 Å². The van der Waals surface area contributed by atoms with Gasteiger partial charge in [0.2, 0.25) is 11.6 Å². The van der Waals surface area contributed by atoms with Gasteiger partial charge in [0.1, 0.15) is 12.5 Å². The number of halogens is 4. The van der Waals surface area contributed by atoms with E-state index in [2.05, 4.69) is 0 Å². The molecule has 0 bridgehead atoms. The van der Waals surface area contributed by atoms with Crippen molar-refractivity contribution in [2.75, 3.05) is 13.3 Å². The Morgan fingerprint density at radius 2 is 1.51 bits per heavy atom. The Morgan fingerprint density at radius 3 is 2.14 bits per heavy atom. The molecule has 4 rings (SSSR count). The smallest absolute Gasteiger partial charge is 0.346 e. The summed E-state index contributed by atoms with van der Waals surface area (Å²) in [6.45, 7) is 1.38. The predicted molar refractivity (Wildman–Crippen MR) is 134 cm³/mol. The second kappa shape index (κ2) is 12.6. The minimum atomic E-state index is -1.36. The number of carbonyl (C=O) groups excluding carboxylic acids is 1. The van der Waals surface area contributed by atoms with Crippen molar-refractivity contribution in [1.82, 2.24) is 0 Å². The third-order valence-corrected chi connectivity index (χ3v) is 7.95. The van der Waals surface area contributed by atoms with Gasteiger partial charge in [0.15, 0.2) is 11.5 Å². The molecule has 2 aromatic carbocycles. The Morgan fingerprint density at radius 1 is 0.892 bits per heavy atom. The first-order valence-electron chi connectivity index (χ1n) is 13.3. The standard InChI is InChI=1S/C30H34F4O3/c1-2-36-26-15-16-27(29(34)28(26)33)37-30(35)24-14-13-23(18-25(24)32)22-11-9-21(10-12-22)20-7-5-19(6-8-20)4-3-17-31/h3-4,13-16,18-22H,2,5-12,17H2,1H3. The van der Waals surface area contributed by atoms with Gasteiger partial charge in [-0.25, -0.2) is 13.6 Å². The van der Waals surface area contributed by atoms with Gasteiger partial charge in [-0.1, -0.05) is 18.2 Å². The summed E-state index contributed by atoms with van der Waals surface area (Å²) >= 11 is 0. The lowest BCUT2D eigenvalue weighted by Crippen LogP contribution is -2.25. The maximum atomic E-state index is 14.9. The molecule has 0 radical (unpaired) electrons. The quantitative estimate of drug-likeness (QED) is 0.153. The minimum Gasteiger partial charge on any atom is -0.491 e. The Kier molecular flexibility index (Phi) is 9.28. The second-order valence-corrected chi connectivity index (χ2v) is 10.1. The lowest BCUT2D eigenvalue weighted by atomic mass is 9.68. The molecule has 7 heteroatoms. The van der Waals surface area contributed by atoms with Crippen molar-refractivity contribution in [2.24, 2.45) is 17.8 Å². The molecular formula is C30H34F4O3. The fourth-order valence-electron chi connectivity index (χ4n) is 5.94. The number of benzene rings is 2. The first-order chi connectivity index (χ1) is 17.9. The number of hydrogen-bond donors (Lipinski definition) is 0. The van der Waals surface area contributed by atoms with Gasteiger partial charge in [0.05, 0.1) is 12.2 Å². The zero-order valence-electron chi connectivity index (χ0n) is 21.2. The van der Waals surface area contributed by atoms with E-state index in [1.54, 1.807) is 19.1 Å². The Hall–Kier alpha value is -2.83. The highest BCUT2D eigenvalue weighted by atomic mass is 19.2. The molecule has 2 saturated carbocycles. The van der Waals surface area contributed by atoms with Gasteiger partial charge in [-0.05, 0) is 112 Å². The van der Waals surface area contributed by atoms with Crippen molar-refractivity contribution in [3.63, 3.8) is 0 Å². The van der Waals surface area contributed by atoms with E-state index in [-0.39, 0.29) is 23.8 Å². The van der Waals surface area contributed by atoms with Gasteiger partial charge in [-0.2, -0.15) is 8.78 Å². The first-order valence-corrected chi connectivity index (χ1v) is 13.3. The molecule has 0 amide bonds. The molecule has 3 nitrogen and oxygen atoms in total. The van der Waals surface area contributed by atoms with Crippen LogP contribution in [0, 0.1) is 35.2 Å². The van der Waals surface area contributed by atoms with E-state index in [4.69, 9.17) is 9.47 Å². The molecule has 0 aliphatic heterocycles. The lowest BCUT2D eigenvalue weighted by molar-refractivity contribution is 0.0721. The van der Waals surface area contributed by atoms with E-state index in [1.807, 2.05) is 6.08 Å². The van der Waals surface area contributed by atoms with E-state index < -0.39 is 35.8 Å². The molecule has 0 spiro atoms. The molecule has 0 unspecified atom stereocenters. The third-order valence-electron chi connectivity index (χ3n) is 7.95. The summed E-state index contributed by atoms with van der Waals surface area (Å²) in [4.78, 5) is 12.5. The van der Waals surface area contributed by atoms with Gasteiger partial charge in [-0.3, -0.25) is 0 Å². The molecule has 0 saturated heterocycles. The zero-order valence-corrected chi connectivity index (χ0v) is 21.2. The molecule has 0 heterocycles. The van der Waals surface area contributed by atoms with Crippen molar-refractivity contribution in [2.45, 2.75) is 64.2 Å². The number of rotatable bonds is 8. The van der Waals surface area contributed by atoms with Crippen LogP contribution in [-0.4, -0.2) is 19.3 Å². The molecule has 200 valence electrons. The lowest BCUT2D eigenvalue weighted by Gasteiger charge is -2.37. The van der Waals surface area contributed by atoms with Crippen LogP contribution < -0.4 is 9.47 Å². The van der Waals surface area contributed by atoms with Crippen molar-refractivity contribution >= 4 is 5.97 Å². The molecule has 2 aromatic rings.